The Hall–Kier alpha value is -1.89. The average Bonchev–Trinajstić information content (AvgIpc) is 2.73. The predicted molar refractivity (Wildman–Crippen MR) is 78.1 cm³/mol. The smallest absolute Gasteiger partial charge is 0.236 e. The van der Waals surface area contributed by atoms with Gasteiger partial charge in [0.15, 0.2) is 0 Å². The molecule has 0 saturated carbocycles. The number of rotatable bonds is 5. The molecule has 2 rings (SSSR count). The Labute approximate surface area is 115 Å². The van der Waals surface area contributed by atoms with Crippen molar-refractivity contribution >= 4 is 39.2 Å². The second-order valence-electron chi connectivity index (χ2n) is 4.79. The number of amides is 1. The van der Waals surface area contributed by atoms with Gasteiger partial charge in [-0.25, -0.2) is 4.98 Å². The summed E-state index contributed by atoms with van der Waals surface area (Å²) in [4.78, 5) is 22.4. The van der Waals surface area contributed by atoms with Crippen molar-refractivity contribution in [3.05, 3.63) is 11.4 Å². The fourth-order valence-corrected chi connectivity index (χ4v) is 2.72. The number of hydrogen-bond donors (Lipinski definition) is 2. The minimum Gasteiger partial charge on any atom is -0.368 e. The Morgan fingerprint density at radius 1 is 1.47 bits per heavy atom. The van der Waals surface area contributed by atoms with E-state index >= 15 is 0 Å². The zero-order valence-electron chi connectivity index (χ0n) is 11.0. The summed E-state index contributed by atoms with van der Waals surface area (Å²) in [5.41, 5.74) is 11.0. The van der Waals surface area contributed by atoms with E-state index in [1.54, 1.807) is 0 Å². The van der Waals surface area contributed by atoms with Crippen LogP contribution < -0.4 is 16.4 Å². The van der Waals surface area contributed by atoms with Gasteiger partial charge in [0, 0.05) is 6.54 Å². The number of anilines is 2. The van der Waals surface area contributed by atoms with Crippen LogP contribution in [0.25, 0.3) is 10.2 Å². The van der Waals surface area contributed by atoms with E-state index in [9.17, 15) is 4.79 Å². The maximum atomic E-state index is 11.2. The van der Waals surface area contributed by atoms with Crippen molar-refractivity contribution in [3.8, 4) is 0 Å². The predicted octanol–water partition coefficient (Wildman–Crippen LogP) is 1.22. The van der Waals surface area contributed by atoms with Gasteiger partial charge in [0.1, 0.15) is 10.6 Å². The summed E-state index contributed by atoms with van der Waals surface area (Å²) < 4.78 is 0. The van der Waals surface area contributed by atoms with Gasteiger partial charge in [-0.05, 0) is 17.4 Å². The second-order valence-corrected chi connectivity index (χ2v) is 5.68. The summed E-state index contributed by atoms with van der Waals surface area (Å²) in [5.74, 6) is 0.880. The molecule has 7 heteroatoms. The molecule has 1 amide bonds. The number of hydrogen-bond acceptors (Lipinski definition) is 6. The van der Waals surface area contributed by atoms with E-state index in [4.69, 9.17) is 11.5 Å². The molecule has 0 aliphatic rings. The van der Waals surface area contributed by atoms with Crippen LogP contribution in [0.5, 0.6) is 0 Å². The van der Waals surface area contributed by atoms with Crippen molar-refractivity contribution in [2.75, 3.05) is 23.7 Å². The zero-order valence-corrected chi connectivity index (χ0v) is 11.8. The largest absolute Gasteiger partial charge is 0.368 e. The number of primary amides is 1. The number of aromatic nitrogens is 2. The van der Waals surface area contributed by atoms with Crippen LogP contribution in [-0.2, 0) is 4.79 Å². The Kier molecular flexibility index (Phi) is 3.84. The van der Waals surface area contributed by atoms with Crippen LogP contribution in [0.1, 0.15) is 13.8 Å². The quantitative estimate of drug-likeness (QED) is 0.857. The number of nitrogens with zero attached hydrogens (tertiary/aromatic N) is 3. The molecule has 2 heterocycles. The first-order valence-electron chi connectivity index (χ1n) is 6.01. The molecule has 6 nitrogen and oxygen atoms in total. The highest BCUT2D eigenvalue weighted by atomic mass is 32.1. The molecular weight excluding hydrogens is 262 g/mol. The first kappa shape index (κ1) is 13.5. The maximum absolute atomic E-state index is 11.2. The average molecular weight is 279 g/mol. The van der Waals surface area contributed by atoms with Crippen LogP contribution in [0.15, 0.2) is 11.4 Å². The first-order chi connectivity index (χ1) is 8.97. The summed E-state index contributed by atoms with van der Waals surface area (Å²) in [5, 5.41) is 2.83. The molecule has 0 fully saturated rings. The summed E-state index contributed by atoms with van der Waals surface area (Å²) >= 11 is 1.50. The molecule has 0 unspecified atom stereocenters. The summed E-state index contributed by atoms with van der Waals surface area (Å²) in [6, 6.07) is 1.93. The summed E-state index contributed by atoms with van der Waals surface area (Å²) in [6.45, 7) is 4.95. The molecule has 2 aromatic heterocycles. The van der Waals surface area contributed by atoms with Gasteiger partial charge in [0.2, 0.25) is 11.9 Å². The van der Waals surface area contributed by atoms with Gasteiger partial charge in [-0.1, -0.05) is 13.8 Å². The van der Waals surface area contributed by atoms with Gasteiger partial charge in [-0.2, -0.15) is 4.98 Å². The van der Waals surface area contributed by atoms with Crippen LogP contribution in [0.3, 0.4) is 0 Å². The zero-order chi connectivity index (χ0) is 14.0. The molecule has 102 valence electrons. The molecule has 0 atom stereocenters. The molecule has 0 aromatic carbocycles. The third-order valence-corrected chi connectivity index (χ3v) is 3.36. The number of nitrogen functional groups attached to an aromatic ring is 1. The second kappa shape index (κ2) is 5.40. The molecule has 2 aromatic rings. The number of fused-ring (bicyclic) bond motifs is 1. The molecule has 0 aliphatic heterocycles. The SMILES string of the molecule is CC(C)CN(CC(N)=O)c1nc(N)nc2sccc12. The van der Waals surface area contributed by atoms with Crippen molar-refractivity contribution in [3.63, 3.8) is 0 Å². The van der Waals surface area contributed by atoms with Crippen LogP contribution in [0, 0.1) is 5.92 Å². The Morgan fingerprint density at radius 3 is 2.84 bits per heavy atom. The highest BCUT2D eigenvalue weighted by Crippen LogP contribution is 2.28. The lowest BCUT2D eigenvalue weighted by Gasteiger charge is -2.24. The molecular formula is C12H17N5OS. The molecule has 0 bridgehead atoms. The molecule has 0 saturated heterocycles. The molecule has 0 aliphatic carbocycles. The van der Waals surface area contributed by atoms with Crippen molar-refractivity contribution in [2.45, 2.75) is 13.8 Å². The van der Waals surface area contributed by atoms with E-state index in [0.29, 0.717) is 18.3 Å². The third kappa shape index (κ3) is 3.11. The van der Waals surface area contributed by atoms with Gasteiger partial charge in [0.05, 0.1) is 11.9 Å². The highest BCUT2D eigenvalue weighted by Gasteiger charge is 2.17. The Bertz CT molecular complexity index is 595. The monoisotopic (exact) mass is 279 g/mol. The van der Waals surface area contributed by atoms with Gasteiger partial charge < -0.3 is 16.4 Å². The van der Waals surface area contributed by atoms with Gasteiger partial charge in [-0.15, -0.1) is 11.3 Å². The van der Waals surface area contributed by atoms with Crippen molar-refractivity contribution in [1.82, 2.24) is 9.97 Å². The highest BCUT2D eigenvalue weighted by molar-refractivity contribution is 7.16. The van der Waals surface area contributed by atoms with E-state index in [1.807, 2.05) is 16.3 Å². The van der Waals surface area contributed by atoms with E-state index in [-0.39, 0.29) is 18.4 Å². The number of nitrogens with two attached hydrogens (primary N) is 2. The molecule has 0 spiro atoms. The van der Waals surface area contributed by atoms with Gasteiger partial charge in [0.25, 0.3) is 0 Å². The van der Waals surface area contributed by atoms with Crippen LogP contribution in [0.2, 0.25) is 0 Å². The minimum absolute atomic E-state index is 0.125. The summed E-state index contributed by atoms with van der Waals surface area (Å²) in [6.07, 6.45) is 0. The fraction of sp³-hybridized carbons (Fsp3) is 0.417. The van der Waals surface area contributed by atoms with Gasteiger partial charge >= 0.3 is 0 Å². The lowest BCUT2D eigenvalue weighted by molar-refractivity contribution is -0.116. The number of carbonyl (C=O) groups excluding carboxylic acids is 1. The maximum Gasteiger partial charge on any atom is 0.236 e. The minimum atomic E-state index is -0.388. The van der Waals surface area contributed by atoms with Crippen molar-refractivity contribution in [1.29, 1.82) is 0 Å². The van der Waals surface area contributed by atoms with Gasteiger partial charge in [-0.3, -0.25) is 4.79 Å². The van der Waals surface area contributed by atoms with Crippen LogP contribution in [-0.4, -0.2) is 29.0 Å². The molecule has 0 radical (unpaired) electrons. The van der Waals surface area contributed by atoms with Crippen LogP contribution >= 0.6 is 11.3 Å². The lowest BCUT2D eigenvalue weighted by Crippen LogP contribution is -2.37. The van der Waals surface area contributed by atoms with Crippen molar-refractivity contribution in [2.24, 2.45) is 11.7 Å². The Balaban J connectivity index is 2.47. The normalized spacial score (nSPS) is 11.1. The lowest BCUT2D eigenvalue weighted by atomic mass is 10.2. The standard InChI is InChI=1S/C12H17N5OS/c1-7(2)5-17(6-9(13)18)10-8-3-4-19-11(8)16-12(14)15-10/h3-4,7H,5-6H2,1-2H3,(H2,13,18)(H2,14,15,16). The van der Waals surface area contributed by atoms with E-state index in [0.717, 1.165) is 10.2 Å². The topological polar surface area (TPSA) is 98.1 Å². The van der Waals surface area contributed by atoms with Crippen LogP contribution in [0.4, 0.5) is 11.8 Å². The van der Waals surface area contributed by atoms with E-state index in [1.165, 1.54) is 11.3 Å². The van der Waals surface area contributed by atoms with E-state index < -0.39 is 0 Å². The third-order valence-electron chi connectivity index (χ3n) is 2.55. The molecule has 19 heavy (non-hydrogen) atoms. The summed E-state index contributed by atoms with van der Waals surface area (Å²) in [7, 11) is 0. The van der Waals surface area contributed by atoms with E-state index in [2.05, 4.69) is 23.8 Å². The molecule has 4 N–H and O–H groups in total. The Morgan fingerprint density at radius 2 is 2.21 bits per heavy atom. The number of thiophene rings is 1. The fourth-order valence-electron chi connectivity index (χ4n) is 1.95. The number of carbonyl (C=O) groups is 1. The van der Waals surface area contributed by atoms with Crippen molar-refractivity contribution < 1.29 is 4.79 Å². The first-order valence-corrected chi connectivity index (χ1v) is 6.89.